The van der Waals surface area contributed by atoms with Crippen molar-refractivity contribution in [1.29, 1.82) is 0 Å². The van der Waals surface area contributed by atoms with Gasteiger partial charge in [-0.05, 0) is 31.0 Å². The molecule has 0 saturated heterocycles. The number of nitrogens with zero attached hydrogens (tertiary/aromatic N) is 2. The predicted molar refractivity (Wildman–Crippen MR) is 81.5 cm³/mol. The van der Waals surface area contributed by atoms with Crippen LogP contribution in [-0.4, -0.2) is 29.6 Å². The molecule has 0 amide bonds. The first-order valence-corrected chi connectivity index (χ1v) is 7.95. The summed E-state index contributed by atoms with van der Waals surface area (Å²) in [5.74, 6) is 1.91. The smallest absolute Gasteiger partial charge is 0.206 e. The number of nitrogens with one attached hydrogen (secondary N) is 1. The van der Waals surface area contributed by atoms with Crippen molar-refractivity contribution in [1.82, 2.24) is 10.2 Å². The van der Waals surface area contributed by atoms with Gasteiger partial charge in [0.05, 0.1) is 7.11 Å². The number of anilines is 1. The molecule has 0 atom stereocenters. The van der Waals surface area contributed by atoms with Crippen LogP contribution in [0, 0.1) is 0 Å². The summed E-state index contributed by atoms with van der Waals surface area (Å²) in [6.07, 6.45) is 1.02. The maximum absolute atomic E-state index is 5.14. The number of hydrogen-bond acceptors (Lipinski definition) is 6. The third-order valence-corrected chi connectivity index (χ3v) is 4.53. The van der Waals surface area contributed by atoms with E-state index in [1.54, 1.807) is 30.2 Å². The van der Waals surface area contributed by atoms with E-state index in [-0.39, 0.29) is 0 Å². The number of aromatic nitrogens is 2. The van der Waals surface area contributed by atoms with Crippen molar-refractivity contribution in [2.24, 2.45) is 0 Å². The fourth-order valence-corrected chi connectivity index (χ4v) is 3.42. The molecular weight excluding hydrogens is 278 g/mol. The molecule has 0 unspecified atom stereocenters. The summed E-state index contributed by atoms with van der Waals surface area (Å²) in [7, 11) is 1.68. The van der Waals surface area contributed by atoms with Gasteiger partial charge >= 0.3 is 0 Å². The lowest BCUT2D eigenvalue weighted by Crippen LogP contribution is -1.94. The van der Waals surface area contributed by atoms with E-state index < -0.39 is 0 Å². The maximum atomic E-state index is 5.14. The number of hydrogen-bond donors (Lipinski definition) is 1. The van der Waals surface area contributed by atoms with Gasteiger partial charge in [-0.2, -0.15) is 0 Å². The molecule has 4 nitrogen and oxygen atoms in total. The normalized spacial score (nSPS) is 10.4. The zero-order valence-corrected chi connectivity index (χ0v) is 12.7. The van der Waals surface area contributed by atoms with E-state index in [4.69, 9.17) is 4.74 Å². The Labute approximate surface area is 121 Å². The van der Waals surface area contributed by atoms with E-state index in [9.17, 15) is 0 Å². The van der Waals surface area contributed by atoms with Gasteiger partial charge in [0.1, 0.15) is 5.75 Å². The minimum Gasteiger partial charge on any atom is -0.497 e. The third kappa shape index (κ3) is 4.40. The van der Waals surface area contributed by atoms with E-state index in [1.165, 1.54) is 5.56 Å². The molecule has 0 bridgehead atoms. The van der Waals surface area contributed by atoms with Gasteiger partial charge in [0, 0.05) is 12.3 Å². The maximum Gasteiger partial charge on any atom is 0.206 e. The Morgan fingerprint density at radius 3 is 2.74 bits per heavy atom. The molecule has 0 spiro atoms. The van der Waals surface area contributed by atoms with Crippen LogP contribution in [0.5, 0.6) is 5.75 Å². The molecule has 0 fully saturated rings. The fourth-order valence-electron chi connectivity index (χ4n) is 1.54. The summed E-state index contributed by atoms with van der Waals surface area (Å²) >= 11 is 3.35. The van der Waals surface area contributed by atoms with Crippen molar-refractivity contribution in [3.05, 3.63) is 29.8 Å². The number of benzene rings is 1. The van der Waals surface area contributed by atoms with Crippen LogP contribution in [0.2, 0.25) is 0 Å². The molecule has 1 N–H and O–H groups in total. The van der Waals surface area contributed by atoms with Gasteiger partial charge in [0.25, 0.3) is 0 Å². The number of methoxy groups -OCH3 is 1. The van der Waals surface area contributed by atoms with Gasteiger partial charge < -0.3 is 10.1 Å². The lowest BCUT2D eigenvalue weighted by molar-refractivity contribution is 0.414. The van der Waals surface area contributed by atoms with Crippen molar-refractivity contribution >= 4 is 28.2 Å². The molecule has 1 aromatic heterocycles. The molecule has 19 heavy (non-hydrogen) atoms. The van der Waals surface area contributed by atoms with Crippen LogP contribution in [0.1, 0.15) is 12.5 Å². The summed E-state index contributed by atoms with van der Waals surface area (Å²) in [5.41, 5.74) is 1.31. The van der Waals surface area contributed by atoms with Gasteiger partial charge in [-0.15, -0.1) is 10.2 Å². The Morgan fingerprint density at radius 2 is 2.05 bits per heavy atom. The summed E-state index contributed by atoms with van der Waals surface area (Å²) in [4.78, 5) is 0. The van der Waals surface area contributed by atoms with Gasteiger partial charge in [-0.25, -0.2) is 0 Å². The van der Waals surface area contributed by atoms with Gasteiger partial charge in [0.15, 0.2) is 4.34 Å². The summed E-state index contributed by atoms with van der Waals surface area (Å²) in [6.45, 7) is 2.93. The molecule has 102 valence electrons. The summed E-state index contributed by atoms with van der Waals surface area (Å²) in [5, 5.41) is 12.3. The lowest BCUT2D eigenvalue weighted by Gasteiger charge is -2.02. The first-order valence-electron chi connectivity index (χ1n) is 6.15. The van der Waals surface area contributed by atoms with E-state index in [1.807, 2.05) is 12.1 Å². The molecule has 6 heteroatoms. The molecule has 2 rings (SSSR count). The SMILES string of the molecule is CCNc1nnc(SCCc2ccc(OC)cc2)s1. The van der Waals surface area contributed by atoms with E-state index in [0.29, 0.717) is 0 Å². The highest BCUT2D eigenvalue weighted by atomic mass is 32.2. The van der Waals surface area contributed by atoms with Crippen LogP contribution >= 0.6 is 23.1 Å². The second-order valence-corrected chi connectivity index (χ2v) is 6.17. The standard InChI is InChI=1S/C13H17N3OS2/c1-3-14-12-15-16-13(19-12)18-9-8-10-4-6-11(17-2)7-5-10/h4-7H,3,8-9H2,1-2H3,(H,14,15). The van der Waals surface area contributed by atoms with Crippen LogP contribution in [0.25, 0.3) is 0 Å². The zero-order valence-electron chi connectivity index (χ0n) is 11.0. The number of aryl methyl sites for hydroxylation is 1. The predicted octanol–water partition coefficient (Wildman–Crippen LogP) is 3.31. The highest BCUT2D eigenvalue weighted by Crippen LogP contribution is 2.26. The summed E-state index contributed by atoms with van der Waals surface area (Å²) in [6, 6.07) is 8.19. The average Bonchev–Trinajstić information content (AvgIpc) is 2.88. The first kappa shape index (κ1) is 14.1. The van der Waals surface area contributed by atoms with Crippen molar-refractivity contribution in [2.75, 3.05) is 24.7 Å². The molecule has 0 aliphatic heterocycles. The van der Waals surface area contributed by atoms with Gasteiger partial charge in [0.2, 0.25) is 5.13 Å². The van der Waals surface area contributed by atoms with E-state index in [0.717, 1.165) is 33.9 Å². The zero-order chi connectivity index (χ0) is 13.5. The van der Waals surface area contributed by atoms with Crippen molar-refractivity contribution in [3.8, 4) is 5.75 Å². The highest BCUT2D eigenvalue weighted by Gasteiger charge is 2.03. The Bertz CT molecular complexity index is 499. The number of ether oxygens (including phenoxy) is 1. The first-order chi connectivity index (χ1) is 9.31. The monoisotopic (exact) mass is 295 g/mol. The van der Waals surface area contributed by atoms with Gasteiger partial charge in [-0.3, -0.25) is 0 Å². The molecule has 1 aromatic carbocycles. The molecule has 2 aromatic rings. The van der Waals surface area contributed by atoms with E-state index >= 15 is 0 Å². The van der Waals surface area contributed by atoms with Crippen LogP contribution < -0.4 is 10.1 Å². The van der Waals surface area contributed by atoms with E-state index in [2.05, 4.69) is 34.6 Å². The van der Waals surface area contributed by atoms with Crippen LogP contribution in [-0.2, 0) is 6.42 Å². The van der Waals surface area contributed by atoms with Crippen molar-refractivity contribution < 1.29 is 4.74 Å². The molecule has 0 radical (unpaired) electrons. The minimum absolute atomic E-state index is 0.880. The Kier molecular flexibility index (Phi) is 5.47. The van der Waals surface area contributed by atoms with Crippen LogP contribution in [0.3, 0.4) is 0 Å². The molecule has 0 saturated carbocycles. The van der Waals surface area contributed by atoms with Crippen molar-refractivity contribution in [3.63, 3.8) is 0 Å². The Morgan fingerprint density at radius 1 is 1.26 bits per heavy atom. The quantitative estimate of drug-likeness (QED) is 0.794. The second kappa shape index (κ2) is 7.35. The van der Waals surface area contributed by atoms with Crippen LogP contribution in [0.4, 0.5) is 5.13 Å². The number of rotatable bonds is 7. The minimum atomic E-state index is 0.880. The largest absolute Gasteiger partial charge is 0.497 e. The van der Waals surface area contributed by atoms with Crippen LogP contribution in [0.15, 0.2) is 28.6 Å². The molecule has 0 aliphatic carbocycles. The molecule has 0 aliphatic rings. The third-order valence-electron chi connectivity index (χ3n) is 2.51. The lowest BCUT2D eigenvalue weighted by atomic mass is 10.2. The number of thioether (sulfide) groups is 1. The highest BCUT2D eigenvalue weighted by molar-refractivity contribution is 8.01. The molecular formula is C13H17N3OS2. The fraction of sp³-hybridized carbons (Fsp3) is 0.385. The second-order valence-electron chi connectivity index (χ2n) is 3.85. The average molecular weight is 295 g/mol. The van der Waals surface area contributed by atoms with Gasteiger partial charge in [-0.1, -0.05) is 35.2 Å². The Balaban J connectivity index is 1.78. The van der Waals surface area contributed by atoms with Crippen molar-refractivity contribution in [2.45, 2.75) is 17.7 Å². The Hall–Kier alpha value is -1.27. The topological polar surface area (TPSA) is 47.0 Å². The summed E-state index contributed by atoms with van der Waals surface area (Å²) < 4.78 is 6.16. The molecule has 1 heterocycles.